The van der Waals surface area contributed by atoms with Crippen LogP contribution in [0.4, 0.5) is 0 Å². The summed E-state index contributed by atoms with van der Waals surface area (Å²) in [6.07, 6.45) is 6.09. The van der Waals surface area contributed by atoms with Crippen LogP contribution in [0.15, 0.2) is 46.1 Å². The smallest absolute Gasteiger partial charge is 0.328 e. The fourth-order valence-corrected chi connectivity index (χ4v) is 6.01. The van der Waals surface area contributed by atoms with Crippen LogP contribution in [0.3, 0.4) is 0 Å². The summed E-state index contributed by atoms with van der Waals surface area (Å²) in [7, 11) is 1.69. The molecule has 3 fully saturated rings. The van der Waals surface area contributed by atoms with E-state index in [1.165, 1.54) is 48.1 Å². The largest absolute Gasteiger partial charge is 0.497 e. The highest BCUT2D eigenvalue weighted by molar-refractivity contribution is 5.76. The molecule has 2 bridgehead atoms. The topological polar surface area (TPSA) is 87.6 Å². The lowest BCUT2D eigenvalue weighted by Crippen LogP contribution is -2.60. The molecule has 0 spiro atoms. The molecule has 0 aliphatic carbocycles. The van der Waals surface area contributed by atoms with Gasteiger partial charge in [-0.15, -0.1) is 0 Å². The highest BCUT2D eigenvalue weighted by atomic mass is 16.5. The fourth-order valence-electron chi connectivity index (χ4n) is 6.01. The lowest BCUT2D eigenvalue weighted by Gasteiger charge is -2.55. The Hall–Kier alpha value is -2.87. The Morgan fingerprint density at radius 3 is 2.66 bits per heavy atom. The van der Waals surface area contributed by atoms with Crippen molar-refractivity contribution in [2.45, 2.75) is 44.3 Å². The molecule has 1 N–H and O–H groups in total. The first kappa shape index (κ1) is 21.0. The van der Waals surface area contributed by atoms with E-state index in [2.05, 4.69) is 22.0 Å². The summed E-state index contributed by atoms with van der Waals surface area (Å²) >= 11 is 0. The first-order chi connectivity index (χ1) is 15.5. The summed E-state index contributed by atoms with van der Waals surface area (Å²) in [6.45, 7) is 2.44. The molecule has 3 aliphatic rings. The van der Waals surface area contributed by atoms with Crippen LogP contribution in [0.5, 0.6) is 5.75 Å². The number of aromatic nitrogens is 2. The molecule has 1 aromatic heterocycles. The molecule has 8 heteroatoms. The summed E-state index contributed by atoms with van der Waals surface area (Å²) in [5.41, 5.74) is 0.361. The number of piperidine rings is 3. The van der Waals surface area contributed by atoms with Gasteiger partial charge in [0.15, 0.2) is 0 Å². The van der Waals surface area contributed by atoms with Gasteiger partial charge in [-0.3, -0.25) is 24.0 Å². The number of likely N-dealkylation sites (tertiary alicyclic amines) is 1. The molecule has 5 rings (SSSR count). The molecule has 4 heterocycles. The Morgan fingerprint density at radius 1 is 1.09 bits per heavy atom. The van der Waals surface area contributed by atoms with Crippen molar-refractivity contribution in [3.05, 3.63) is 62.9 Å². The first-order valence-corrected chi connectivity index (χ1v) is 11.5. The molecule has 3 aliphatic heterocycles. The van der Waals surface area contributed by atoms with Crippen molar-refractivity contribution in [2.75, 3.05) is 26.7 Å². The van der Waals surface area contributed by atoms with Crippen molar-refractivity contribution in [1.29, 1.82) is 0 Å². The van der Waals surface area contributed by atoms with E-state index in [9.17, 15) is 14.4 Å². The minimum Gasteiger partial charge on any atom is -0.497 e. The second kappa shape index (κ2) is 8.58. The number of H-pyrrole nitrogens is 1. The second-order valence-electron chi connectivity index (χ2n) is 9.38. The number of benzene rings is 1. The number of hydrogen-bond acceptors (Lipinski definition) is 5. The fraction of sp³-hybridized carbons (Fsp3) is 0.542. The van der Waals surface area contributed by atoms with Gasteiger partial charge in [-0.05, 0) is 55.2 Å². The summed E-state index contributed by atoms with van der Waals surface area (Å²) in [5.74, 6) is 1.73. The van der Waals surface area contributed by atoms with E-state index in [1.54, 1.807) is 7.11 Å². The predicted octanol–water partition coefficient (Wildman–Crippen LogP) is 1.62. The van der Waals surface area contributed by atoms with E-state index < -0.39 is 11.2 Å². The molecule has 4 atom stereocenters. The Bertz CT molecular complexity index is 1090. The lowest BCUT2D eigenvalue weighted by atomic mass is 9.74. The summed E-state index contributed by atoms with van der Waals surface area (Å²) in [4.78, 5) is 43.1. The number of aromatic amines is 1. The zero-order valence-electron chi connectivity index (χ0n) is 18.4. The van der Waals surface area contributed by atoms with Crippen molar-refractivity contribution in [1.82, 2.24) is 19.4 Å². The van der Waals surface area contributed by atoms with Crippen molar-refractivity contribution in [2.24, 2.45) is 11.8 Å². The standard InChI is InChI=1S/C24H30N4O4/c1-32-19-7-5-17(6-8-19)20-3-2-4-21-18-11-16(13-28(20)21)12-27(14-18)23(30)15-26-10-9-22(29)25-24(26)31/h5-10,16,18,20-21H,2-4,11-15H2,1H3,(H,25,29,31)/t16-,18+,20+,21-/m0/s1. The third kappa shape index (κ3) is 3.99. The number of rotatable bonds is 4. The molecule has 0 unspecified atom stereocenters. The van der Waals surface area contributed by atoms with Gasteiger partial charge >= 0.3 is 5.69 Å². The monoisotopic (exact) mass is 438 g/mol. The SMILES string of the molecule is COc1ccc([C@H]2CCC[C@H]3[C@@H]4C[C@@H](CN(C(=O)Cn5ccc(=O)[nH]c5=O)C4)CN23)cc1. The number of ether oxygens (including phenoxy) is 1. The summed E-state index contributed by atoms with van der Waals surface area (Å²) in [5, 5.41) is 0. The third-order valence-electron chi connectivity index (χ3n) is 7.44. The molecule has 2 aromatic rings. The van der Waals surface area contributed by atoms with Crippen LogP contribution in [0, 0.1) is 11.8 Å². The molecule has 1 amide bonds. The molecule has 3 saturated heterocycles. The highest BCUT2D eigenvalue weighted by Crippen LogP contribution is 2.44. The average Bonchev–Trinajstić information content (AvgIpc) is 2.80. The molecule has 0 saturated carbocycles. The Morgan fingerprint density at radius 2 is 1.91 bits per heavy atom. The van der Waals surface area contributed by atoms with E-state index in [-0.39, 0.29) is 12.5 Å². The Balaban J connectivity index is 1.30. The number of nitrogens with zero attached hydrogens (tertiary/aromatic N) is 3. The zero-order chi connectivity index (χ0) is 22.2. The molecular weight excluding hydrogens is 408 g/mol. The van der Waals surface area contributed by atoms with Gasteiger partial charge in [0.05, 0.1) is 7.11 Å². The van der Waals surface area contributed by atoms with E-state index in [0.29, 0.717) is 23.9 Å². The minimum atomic E-state index is -0.538. The van der Waals surface area contributed by atoms with E-state index in [4.69, 9.17) is 4.74 Å². The number of hydrogen-bond donors (Lipinski definition) is 1. The van der Waals surface area contributed by atoms with E-state index in [1.807, 2.05) is 17.0 Å². The summed E-state index contributed by atoms with van der Waals surface area (Å²) in [6, 6.07) is 10.7. The van der Waals surface area contributed by atoms with Crippen molar-refractivity contribution in [3.8, 4) is 5.75 Å². The Labute approximate surface area is 186 Å². The van der Waals surface area contributed by atoms with Crippen molar-refractivity contribution < 1.29 is 9.53 Å². The molecule has 8 nitrogen and oxygen atoms in total. The maximum atomic E-state index is 13.0. The molecule has 32 heavy (non-hydrogen) atoms. The highest BCUT2D eigenvalue weighted by Gasteiger charge is 2.45. The zero-order valence-corrected chi connectivity index (χ0v) is 18.4. The van der Waals surface area contributed by atoms with E-state index >= 15 is 0 Å². The van der Waals surface area contributed by atoms with Gasteiger partial charge in [0, 0.05) is 44.0 Å². The number of fused-ring (bicyclic) bond motifs is 4. The minimum absolute atomic E-state index is 0.0299. The number of carbonyl (C=O) groups is 1. The van der Waals surface area contributed by atoms with Crippen molar-refractivity contribution >= 4 is 5.91 Å². The molecule has 0 radical (unpaired) electrons. The first-order valence-electron chi connectivity index (χ1n) is 11.5. The van der Waals surface area contributed by atoms with Gasteiger partial charge in [0.2, 0.25) is 5.91 Å². The summed E-state index contributed by atoms with van der Waals surface area (Å²) < 4.78 is 6.60. The van der Waals surface area contributed by atoms with Crippen LogP contribution in [-0.4, -0.2) is 58.0 Å². The van der Waals surface area contributed by atoms with Gasteiger partial charge in [-0.1, -0.05) is 12.1 Å². The van der Waals surface area contributed by atoms with Crippen LogP contribution < -0.4 is 16.0 Å². The molecule has 170 valence electrons. The van der Waals surface area contributed by atoms with Crippen LogP contribution >= 0.6 is 0 Å². The maximum absolute atomic E-state index is 13.0. The predicted molar refractivity (Wildman–Crippen MR) is 120 cm³/mol. The number of methoxy groups -OCH3 is 1. The van der Waals surface area contributed by atoms with Crippen LogP contribution in [0.25, 0.3) is 0 Å². The van der Waals surface area contributed by atoms with Gasteiger partial charge in [-0.2, -0.15) is 0 Å². The second-order valence-corrected chi connectivity index (χ2v) is 9.38. The average molecular weight is 439 g/mol. The van der Waals surface area contributed by atoms with Gasteiger partial charge in [0.25, 0.3) is 5.56 Å². The maximum Gasteiger partial charge on any atom is 0.328 e. The Kier molecular flexibility index (Phi) is 5.63. The number of carbonyl (C=O) groups excluding carboxylic acids is 1. The van der Waals surface area contributed by atoms with Gasteiger partial charge in [0.1, 0.15) is 12.3 Å². The quantitative estimate of drug-likeness (QED) is 0.784. The van der Waals surface area contributed by atoms with Gasteiger partial charge < -0.3 is 9.64 Å². The molecular formula is C24H30N4O4. The normalized spacial score (nSPS) is 27.6. The van der Waals surface area contributed by atoms with Crippen molar-refractivity contribution in [3.63, 3.8) is 0 Å². The third-order valence-corrected chi connectivity index (χ3v) is 7.44. The number of amides is 1. The lowest BCUT2D eigenvalue weighted by molar-refractivity contribution is -0.139. The van der Waals surface area contributed by atoms with Crippen LogP contribution in [0.1, 0.15) is 37.3 Å². The molecule has 1 aromatic carbocycles. The van der Waals surface area contributed by atoms with E-state index in [0.717, 1.165) is 25.4 Å². The van der Waals surface area contributed by atoms with Crippen LogP contribution in [0.2, 0.25) is 0 Å². The van der Waals surface area contributed by atoms with Crippen LogP contribution in [-0.2, 0) is 11.3 Å². The number of nitrogens with one attached hydrogen (secondary N) is 1. The van der Waals surface area contributed by atoms with Gasteiger partial charge in [-0.25, -0.2) is 4.79 Å².